The molecule has 0 radical (unpaired) electrons. The van der Waals surface area contributed by atoms with Crippen LogP contribution in [0, 0.1) is 13.8 Å². The molecule has 6 nitrogen and oxygen atoms in total. The molecule has 0 unspecified atom stereocenters. The summed E-state index contributed by atoms with van der Waals surface area (Å²) in [6, 6.07) is 16.7. The summed E-state index contributed by atoms with van der Waals surface area (Å²) >= 11 is 7.52. The van der Waals surface area contributed by atoms with E-state index in [0.29, 0.717) is 5.11 Å². The highest BCUT2D eigenvalue weighted by molar-refractivity contribution is 7.80. The SMILES string of the molecule is Cc1cc([C@H]2[C@H](c3ccccn3)NC(=S)N2c2ccc(N(C)C)cc2)c(C)n1-c1nccs1. The molecule has 168 valence electrons. The summed E-state index contributed by atoms with van der Waals surface area (Å²) in [5, 5.41) is 7.24. The third kappa shape index (κ3) is 3.79. The Morgan fingerprint density at radius 1 is 1.03 bits per heavy atom. The van der Waals surface area contributed by atoms with Gasteiger partial charge in [0.25, 0.3) is 0 Å². The molecular formula is C25H26N6S2. The van der Waals surface area contributed by atoms with Crippen LogP contribution in [-0.2, 0) is 0 Å². The molecular weight excluding hydrogens is 448 g/mol. The summed E-state index contributed by atoms with van der Waals surface area (Å²) in [7, 11) is 4.09. The molecule has 4 heterocycles. The average Bonchev–Trinajstić information content (AvgIpc) is 3.52. The van der Waals surface area contributed by atoms with Crippen LogP contribution in [0.4, 0.5) is 11.4 Å². The molecule has 0 amide bonds. The van der Waals surface area contributed by atoms with Gasteiger partial charge in [0.1, 0.15) is 0 Å². The molecule has 3 aromatic heterocycles. The zero-order chi connectivity index (χ0) is 23.1. The number of nitrogens with zero attached hydrogens (tertiary/aromatic N) is 5. The van der Waals surface area contributed by atoms with E-state index in [1.165, 1.54) is 5.56 Å². The van der Waals surface area contributed by atoms with E-state index in [9.17, 15) is 0 Å². The quantitative estimate of drug-likeness (QED) is 0.402. The van der Waals surface area contributed by atoms with Crippen molar-refractivity contribution in [2.75, 3.05) is 23.9 Å². The fourth-order valence-electron chi connectivity index (χ4n) is 4.57. The van der Waals surface area contributed by atoms with Crippen LogP contribution in [0.1, 0.15) is 34.7 Å². The summed E-state index contributed by atoms with van der Waals surface area (Å²) in [6.45, 7) is 4.29. The van der Waals surface area contributed by atoms with Crippen molar-refractivity contribution in [1.82, 2.24) is 19.9 Å². The molecule has 0 saturated carbocycles. The van der Waals surface area contributed by atoms with Crippen LogP contribution in [0.2, 0.25) is 0 Å². The Labute approximate surface area is 203 Å². The van der Waals surface area contributed by atoms with Gasteiger partial charge < -0.3 is 15.1 Å². The molecule has 8 heteroatoms. The number of aryl methyl sites for hydroxylation is 1. The van der Waals surface area contributed by atoms with Crippen molar-refractivity contribution < 1.29 is 0 Å². The first kappa shape index (κ1) is 21.6. The molecule has 1 aliphatic rings. The maximum atomic E-state index is 5.88. The summed E-state index contributed by atoms with van der Waals surface area (Å²) < 4.78 is 2.23. The Morgan fingerprint density at radius 2 is 1.82 bits per heavy atom. The van der Waals surface area contributed by atoms with Crippen LogP contribution in [-0.4, -0.2) is 33.7 Å². The molecule has 33 heavy (non-hydrogen) atoms. The highest BCUT2D eigenvalue weighted by Crippen LogP contribution is 2.44. The number of hydrogen-bond acceptors (Lipinski definition) is 5. The first-order valence-corrected chi connectivity index (χ1v) is 12.1. The molecule has 0 spiro atoms. The topological polar surface area (TPSA) is 49.2 Å². The summed E-state index contributed by atoms with van der Waals surface area (Å²) in [6.07, 6.45) is 3.69. The molecule has 1 fully saturated rings. The second-order valence-electron chi connectivity index (χ2n) is 8.38. The van der Waals surface area contributed by atoms with Crippen LogP contribution in [0.25, 0.3) is 5.13 Å². The first-order chi connectivity index (χ1) is 16.0. The van der Waals surface area contributed by atoms with E-state index < -0.39 is 0 Å². The van der Waals surface area contributed by atoms with E-state index in [4.69, 9.17) is 12.2 Å². The minimum atomic E-state index is -0.0718. The minimum absolute atomic E-state index is 0.0440. The predicted octanol–water partition coefficient (Wildman–Crippen LogP) is 5.19. The summed E-state index contributed by atoms with van der Waals surface area (Å²) in [5.41, 5.74) is 6.70. The van der Waals surface area contributed by atoms with Gasteiger partial charge in [0, 0.05) is 54.6 Å². The van der Waals surface area contributed by atoms with E-state index in [1.807, 2.05) is 44.0 Å². The molecule has 0 bridgehead atoms. The number of anilines is 2. The lowest BCUT2D eigenvalue weighted by atomic mass is 9.96. The molecule has 1 aliphatic heterocycles. The van der Waals surface area contributed by atoms with Crippen LogP contribution in [0.3, 0.4) is 0 Å². The normalized spacial score (nSPS) is 17.9. The Hall–Kier alpha value is -3.23. The van der Waals surface area contributed by atoms with Crippen molar-refractivity contribution in [1.29, 1.82) is 0 Å². The number of nitrogens with one attached hydrogen (secondary N) is 1. The number of benzene rings is 1. The zero-order valence-electron chi connectivity index (χ0n) is 19.1. The van der Waals surface area contributed by atoms with Gasteiger partial charge in [0.2, 0.25) is 0 Å². The fraction of sp³-hybridized carbons (Fsp3) is 0.240. The third-order valence-corrected chi connectivity index (χ3v) is 7.21. The van der Waals surface area contributed by atoms with Crippen LogP contribution in [0.5, 0.6) is 0 Å². The lowest BCUT2D eigenvalue weighted by molar-refractivity contribution is 0.565. The Kier molecular flexibility index (Phi) is 5.64. The van der Waals surface area contributed by atoms with Crippen molar-refractivity contribution in [2.45, 2.75) is 25.9 Å². The minimum Gasteiger partial charge on any atom is -0.378 e. The second-order valence-corrected chi connectivity index (χ2v) is 9.64. The van der Waals surface area contributed by atoms with Gasteiger partial charge >= 0.3 is 0 Å². The van der Waals surface area contributed by atoms with Crippen LogP contribution >= 0.6 is 23.6 Å². The largest absolute Gasteiger partial charge is 0.378 e. The number of thiazole rings is 1. The van der Waals surface area contributed by atoms with Crippen LogP contribution < -0.4 is 15.1 Å². The lowest BCUT2D eigenvalue weighted by Gasteiger charge is -2.28. The molecule has 1 saturated heterocycles. The monoisotopic (exact) mass is 474 g/mol. The number of pyridine rings is 1. The molecule has 0 aliphatic carbocycles. The molecule has 5 rings (SSSR count). The van der Waals surface area contributed by atoms with Gasteiger partial charge in [-0.25, -0.2) is 4.98 Å². The molecule has 1 aromatic carbocycles. The van der Waals surface area contributed by atoms with Crippen molar-refractivity contribution in [2.24, 2.45) is 0 Å². The maximum absolute atomic E-state index is 5.88. The van der Waals surface area contributed by atoms with Gasteiger partial charge in [0.05, 0.1) is 17.8 Å². The molecule has 1 N–H and O–H groups in total. The number of rotatable bonds is 5. The van der Waals surface area contributed by atoms with E-state index in [1.54, 1.807) is 11.3 Å². The lowest BCUT2D eigenvalue weighted by Crippen LogP contribution is -2.29. The van der Waals surface area contributed by atoms with Crippen molar-refractivity contribution in [3.8, 4) is 5.13 Å². The smallest absolute Gasteiger partial charge is 0.193 e. The number of thiocarbonyl (C=S) groups is 1. The number of aromatic nitrogens is 3. The second kappa shape index (κ2) is 8.61. The van der Waals surface area contributed by atoms with Crippen molar-refractivity contribution >= 4 is 40.0 Å². The average molecular weight is 475 g/mol. The fourth-order valence-corrected chi connectivity index (χ4v) is 5.67. The van der Waals surface area contributed by atoms with E-state index >= 15 is 0 Å². The standard InChI is InChI=1S/C25H26N6S2/c1-16-15-20(17(2)30(16)25-27-13-14-33-25)23-22(21-7-5-6-12-26-21)28-24(32)31(23)19-10-8-18(9-11-19)29(3)4/h5-15,22-23H,1-4H3,(H,28,32)/t22-,23-/m0/s1. The van der Waals surface area contributed by atoms with E-state index in [0.717, 1.165) is 33.6 Å². The highest BCUT2D eigenvalue weighted by Gasteiger charge is 2.42. The van der Waals surface area contributed by atoms with Gasteiger partial charge in [-0.1, -0.05) is 6.07 Å². The molecule has 2 atom stereocenters. The highest BCUT2D eigenvalue weighted by atomic mass is 32.1. The van der Waals surface area contributed by atoms with Crippen molar-refractivity contribution in [3.05, 3.63) is 88.9 Å². The third-order valence-electron chi connectivity index (χ3n) is 6.14. The van der Waals surface area contributed by atoms with Gasteiger partial charge in [0.15, 0.2) is 10.2 Å². The van der Waals surface area contributed by atoms with Gasteiger partial charge in [-0.05, 0) is 74.1 Å². The Bertz CT molecular complexity index is 1260. The van der Waals surface area contributed by atoms with E-state index in [2.05, 4.69) is 79.9 Å². The predicted molar refractivity (Wildman–Crippen MR) is 140 cm³/mol. The summed E-state index contributed by atoms with van der Waals surface area (Å²) in [5.74, 6) is 0. The van der Waals surface area contributed by atoms with Gasteiger partial charge in [-0.15, -0.1) is 11.3 Å². The maximum Gasteiger partial charge on any atom is 0.193 e. The van der Waals surface area contributed by atoms with Crippen LogP contribution in [0.15, 0.2) is 66.3 Å². The number of hydrogen-bond donors (Lipinski definition) is 1. The van der Waals surface area contributed by atoms with Gasteiger partial charge in [-0.3, -0.25) is 9.55 Å². The van der Waals surface area contributed by atoms with E-state index in [-0.39, 0.29) is 12.1 Å². The van der Waals surface area contributed by atoms with Gasteiger partial charge in [-0.2, -0.15) is 0 Å². The first-order valence-electron chi connectivity index (χ1n) is 10.8. The van der Waals surface area contributed by atoms with Crippen molar-refractivity contribution in [3.63, 3.8) is 0 Å². The zero-order valence-corrected chi connectivity index (χ0v) is 20.7. The summed E-state index contributed by atoms with van der Waals surface area (Å²) in [4.78, 5) is 13.5. The Balaban J connectivity index is 1.65. The molecule has 4 aromatic rings. The Morgan fingerprint density at radius 3 is 2.45 bits per heavy atom.